The van der Waals surface area contributed by atoms with Crippen molar-refractivity contribution in [1.82, 2.24) is 9.80 Å². The van der Waals surface area contributed by atoms with Crippen LogP contribution in [-0.4, -0.2) is 46.8 Å². The monoisotopic (exact) mass is 466 g/mol. The van der Waals surface area contributed by atoms with Gasteiger partial charge < -0.3 is 9.80 Å². The van der Waals surface area contributed by atoms with Crippen molar-refractivity contribution in [3.05, 3.63) is 0 Å². The summed E-state index contributed by atoms with van der Waals surface area (Å²) >= 11 is 0. The number of carbonyl (C=O) groups excluding carboxylic acids is 2. The first kappa shape index (κ1) is 22.2. The number of rotatable bonds is 2. The Morgan fingerprint density at radius 2 is 0.971 bits per heavy atom. The van der Waals surface area contributed by atoms with E-state index in [0.29, 0.717) is 35.7 Å². The van der Waals surface area contributed by atoms with E-state index in [1.165, 1.54) is 83.5 Å². The molecule has 34 heavy (non-hydrogen) atoms. The van der Waals surface area contributed by atoms with Crippen LogP contribution in [0.15, 0.2) is 0 Å². The van der Waals surface area contributed by atoms with Gasteiger partial charge in [-0.2, -0.15) is 0 Å². The van der Waals surface area contributed by atoms with Gasteiger partial charge in [-0.05, 0) is 114 Å². The van der Waals surface area contributed by atoms with Gasteiger partial charge in [0.15, 0.2) is 0 Å². The van der Waals surface area contributed by atoms with Gasteiger partial charge in [-0.3, -0.25) is 9.59 Å². The maximum atomic E-state index is 14.5. The van der Waals surface area contributed by atoms with E-state index >= 15 is 0 Å². The van der Waals surface area contributed by atoms with Gasteiger partial charge in [-0.15, -0.1) is 0 Å². The van der Waals surface area contributed by atoms with E-state index in [0.717, 1.165) is 57.0 Å². The molecule has 4 heteroatoms. The molecule has 0 spiro atoms. The summed E-state index contributed by atoms with van der Waals surface area (Å²) in [5.74, 6) is 3.68. The molecule has 2 aliphatic heterocycles. The Bertz CT molecular complexity index is 756. The molecule has 0 N–H and O–H groups in total. The molecule has 8 rings (SSSR count). The van der Waals surface area contributed by atoms with Crippen LogP contribution < -0.4 is 0 Å². The number of piperidine rings is 2. The molecule has 0 aromatic heterocycles. The molecule has 4 nitrogen and oxygen atoms in total. The number of hydrogen-bond donors (Lipinski definition) is 0. The first-order valence-electron chi connectivity index (χ1n) is 15.2. The summed E-state index contributed by atoms with van der Waals surface area (Å²) in [6.45, 7) is 1.96. The van der Waals surface area contributed by atoms with Crippen molar-refractivity contribution in [2.24, 2.45) is 34.5 Å². The molecule has 8 fully saturated rings. The molecule has 2 amide bonds. The Morgan fingerprint density at radius 3 is 1.44 bits per heavy atom. The molecule has 4 atom stereocenters. The predicted molar refractivity (Wildman–Crippen MR) is 133 cm³/mol. The fourth-order valence-electron chi connectivity index (χ4n) is 11.1. The van der Waals surface area contributed by atoms with Crippen LogP contribution in [0, 0.1) is 34.5 Å². The lowest BCUT2D eigenvalue weighted by Crippen LogP contribution is -2.65. The maximum Gasteiger partial charge on any atom is 0.229 e. The molecule has 0 aromatic rings. The Kier molecular flexibility index (Phi) is 5.37. The van der Waals surface area contributed by atoms with Crippen LogP contribution in [0.5, 0.6) is 0 Å². The van der Waals surface area contributed by atoms with Gasteiger partial charge >= 0.3 is 0 Å². The minimum Gasteiger partial charge on any atom is -0.339 e. The Labute approximate surface area is 206 Å². The van der Waals surface area contributed by atoms with E-state index < -0.39 is 0 Å². The van der Waals surface area contributed by atoms with Crippen LogP contribution in [0.4, 0.5) is 0 Å². The van der Waals surface area contributed by atoms with Gasteiger partial charge in [0.2, 0.25) is 11.8 Å². The lowest BCUT2D eigenvalue weighted by atomic mass is 9.43. The zero-order chi connectivity index (χ0) is 22.9. The first-order valence-corrected chi connectivity index (χ1v) is 15.2. The topological polar surface area (TPSA) is 40.6 Å². The zero-order valence-corrected chi connectivity index (χ0v) is 21.3. The molecule has 188 valence electrons. The van der Waals surface area contributed by atoms with E-state index in [9.17, 15) is 9.59 Å². The van der Waals surface area contributed by atoms with Crippen molar-refractivity contribution in [2.75, 3.05) is 13.1 Å². The van der Waals surface area contributed by atoms with Crippen molar-refractivity contribution < 1.29 is 9.59 Å². The van der Waals surface area contributed by atoms with Gasteiger partial charge in [0, 0.05) is 25.2 Å². The summed E-state index contributed by atoms with van der Waals surface area (Å²) in [7, 11) is 0. The Morgan fingerprint density at radius 1 is 0.559 bits per heavy atom. The van der Waals surface area contributed by atoms with E-state index in [2.05, 4.69) is 9.80 Å². The van der Waals surface area contributed by atoms with Gasteiger partial charge in [-0.1, -0.05) is 25.7 Å². The SMILES string of the molecule is O=C(N1CCCC2CCCCC21)C12CC3CC(C1)CC(C(=O)N1CCCC4CCCCC41)(C3)C2. The first-order chi connectivity index (χ1) is 16.6. The molecule has 4 unspecified atom stereocenters. The number of carbonyl (C=O) groups is 2. The minimum absolute atomic E-state index is 0.221. The molecule has 2 saturated heterocycles. The average Bonchev–Trinajstić information content (AvgIpc) is 2.86. The smallest absolute Gasteiger partial charge is 0.229 e. The van der Waals surface area contributed by atoms with E-state index in [1.54, 1.807) is 0 Å². The lowest BCUT2D eigenvalue weighted by Gasteiger charge is -2.63. The molecule has 8 aliphatic rings. The summed E-state index contributed by atoms with van der Waals surface area (Å²) < 4.78 is 0. The number of likely N-dealkylation sites (tertiary alicyclic amines) is 2. The predicted octanol–water partition coefficient (Wildman–Crippen LogP) is 5.94. The average molecular weight is 467 g/mol. The molecule has 0 aromatic carbocycles. The fraction of sp³-hybridized carbons (Fsp3) is 0.933. The molecule has 2 heterocycles. The largest absolute Gasteiger partial charge is 0.339 e. The summed E-state index contributed by atoms with van der Waals surface area (Å²) in [6, 6.07) is 1.000. The normalized spacial score (nSPS) is 47.8. The third-order valence-electron chi connectivity index (χ3n) is 12.0. The summed E-state index contributed by atoms with van der Waals surface area (Å²) in [5, 5.41) is 0. The Balaban J connectivity index is 1.17. The molecular weight excluding hydrogens is 420 g/mol. The van der Waals surface area contributed by atoms with Crippen molar-refractivity contribution in [2.45, 2.75) is 128 Å². The van der Waals surface area contributed by atoms with E-state index in [-0.39, 0.29) is 10.8 Å². The van der Waals surface area contributed by atoms with E-state index in [4.69, 9.17) is 0 Å². The quantitative estimate of drug-likeness (QED) is 0.506. The van der Waals surface area contributed by atoms with Crippen molar-refractivity contribution in [3.8, 4) is 0 Å². The molecule has 6 aliphatic carbocycles. The Hall–Kier alpha value is -1.06. The second-order valence-electron chi connectivity index (χ2n) is 14.0. The maximum absolute atomic E-state index is 14.5. The van der Waals surface area contributed by atoms with Gasteiger partial charge in [0.25, 0.3) is 0 Å². The van der Waals surface area contributed by atoms with Gasteiger partial charge in [0.1, 0.15) is 0 Å². The highest BCUT2D eigenvalue weighted by atomic mass is 16.2. The van der Waals surface area contributed by atoms with Crippen molar-refractivity contribution >= 4 is 11.8 Å². The number of hydrogen-bond acceptors (Lipinski definition) is 2. The van der Waals surface area contributed by atoms with Crippen LogP contribution in [0.3, 0.4) is 0 Å². The van der Waals surface area contributed by atoms with Crippen LogP contribution in [0.1, 0.15) is 116 Å². The number of amides is 2. The highest BCUT2D eigenvalue weighted by Gasteiger charge is 2.65. The third kappa shape index (κ3) is 3.35. The summed E-state index contributed by atoms with van der Waals surface area (Å²) in [4.78, 5) is 33.7. The fourth-order valence-corrected chi connectivity index (χ4v) is 11.1. The standard InChI is InChI=1S/C30H46N2O2/c33-27(31-13-5-9-23-7-1-3-11-25(23)31)29-16-21-15-22(17-29)19-30(18-21,20-29)28(34)32-14-6-10-24-8-2-4-12-26(24)32/h21-26H,1-20H2. The summed E-state index contributed by atoms with van der Waals surface area (Å²) in [5.41, 5.74) is -0.443. The molecule has 6 saturated carbocycles. The van der Waals surface area contributed by atoms with E-state index in [1.807, 2.05) is 0 Å². The minimum atomic E-state index is -0.221. The third-order valence-corrected chi connectivity index (χ3v) is 12.0. The number of fused-ring (bicyclic) bond motifs is 2. The van der Waals surface area contributed by atoms with Gasteiger partial charge in [0.05, 0.1) is 10.8 Å². The molecule has 4 bridgehead atoms. The zero-order valence-electron chi connectivity index (χ0n) is 21.3. The van der Waals surface area contributed by atoms with Crippen LogP contribution >= 0.6 is 0 Å². The van der Waals surface area contributed by atoms with Crippen molar-refractivity contribution in [1.29, 1.82) is 0 Å². The van der Waals surface area contributed by atoms with Crippen LogP contribution in [0.25, 0.3) is 0 Å². The molecule has 0 radical (unpaired) electrons. The van der Waals surface area contributed by atoms with Crippen molar-refractivity contribution in [3.63, 3.8) is 0 Å². The molecular formula is C30H46N2O2. The highest BCUT2D eigenvalue weighted by Crippen LogP contribution is 2.66. The second kappa shape index (κ2) is 8.23. The lowest BCUT2D eigenvalue weighted by molar-refractivity contribution is -0.185. The number of nitrogens with zero attached hydrogens (tertiary/aromatic N) is 2. The summed E-state index contributed by atoms with van der Waals surface area (Å²) in [6.07, 6.45) is 21.9. The van der Waals surface area contributed by atoms with Gasteiger partial charge in [-0.25, -0.2) is 0 Å². The highest BCUT2D eigenvalue weighted by molar-refractivity contribution is 5.88. The second-order valence-corrected chi connectivity index (χ2v) is 14.0. The van der Waals surface area contributed by atoms with Crippen LogP contribution in [-0.2, 0) is 9.59 Å². The van der Waals surface area contributed by atoms with Crippen LogP contribution in [0.2, 0.25) is 0 Å².